The van der Waals surface area contributed by atoms with Gasteiger partial charge in [-0.15, -0.1) is 0 Å². The molecule has 0 spiro atoms. The summed E-state index contributed by atoms with van der Waals surface area (Å²) < 4.78 is 2.06. The summed E-state index contributed by atoms with van der Waals surface area (Å²) in [6.45, 7) is 7.82. The first-order chi connectivity index (χ1) is 12.0. The highest BCUT2D eigenvalue weighted by molar-refractivity contribution is 5.80. The van der Waals surface area contributed by atoms with Gasteiger partial charge in [-0.3, -0.25) is 14.5 Å². The van der Waals surface area contributed by atoms with Crippen molar-refractivity contribution in [3.8, 4) is 0 Å². The molecule has 1 amide bonds. The second-order valence-corrected chi connectivity index (χ2v) is 6.79. The number of aryl methyl sites for hydroxylation is 3. The average molecular weight is 348 g/mol. The number of likely N-dealkylation sites (tertiary alicyclic amines) is 1. The minimum atomic E-state index is 0.144. The fraction of sp³-hybridized carbons (Fsp3) is 0.722. The summed E-state index contributed by atoms with van der Waals surface area (Å²) in [5.74, 6) is 1.59. The summed E-state index contributed by atoms with van der Waals surface area (Å²) in [6, 6.07) is 2.11. The molecule has 1 aromatic heterocycles. The zero-order valence-corrected chi connectivity index (χ0v) is 16.0. The van der Waals surface area contributed by atoms with Crippen LogP contribution in [0.5, 0.6) is 0 Å². The molecule has 7 nitrogen and oxygen atoms in total. The quantitative estimate of drug-likeness (QED) is 0.462. The topological polar surface area (TPSA) is 74.5 Å². The van der Waals surface area contributed by atoms with E-state index in [1.807, 2.05) is 14.0 Å². The van der Waals surface area contributed by atoms with Gasteiger partial charge in [-0.05, 0) is 45.1 Å². The van der Waals surface area contributed by atoms with Gasteiger partial charge in [-0.1, -0.05) is 0 Å². The maximum atomic E-state index is 11.5. The molecule has 0 unspecified atom stereocenters. The fourth-order valence-electron chi connectivity index (χ4n) is 3.38. The molecule has 2 rings (SSSR count). The molecule has 1 aliphatic heterocycles. The predicted octanol–water partition coefficient (Wildman–Crippen LogP) is 1.31. The predicted molar refractivity (Wildman–Crippen MR) is 101 cm³/mol. The van der Waals surface area contributed by atoms with E-state index in [-0.39, 0.29) is 5.91 Å². The summed E-state index contributed by atoms with van der Waals surface area (Å²) in [6.07, 6.45) is 3.73. The second kappa shape index (κ2) is 9.44. The van der Waals surface area contributed by atoms with Crippen LogP contribution in [0.25, 0.3) is 0 Å². The standard InChI is InChI=1S/C18H32N6O/c1-14-12-15(2)24(22-14)9-5-8-21-18(20-4)23-10-6-16(7-11-23)13-17(25)19-3/h12,16H,5-11,13H2,1-4H3,(H,19,25)(H,20,21). The molecular formula is C18H32N6O. The number of amides is 1. The van der Waals surface area contributed by atoms with Gasteiger partial charge < -0.3 is 15.5 Å². The van der Waals surface area contributed by atoms with Gasteiger partial charge in [-0.2, -0.15) is 5.10 Å². The van der Waals surface area contributed by atoms with Crippen molar-refractivity contribution < 1.29 is 4.79 Å². The van der Waals surface area contributed by atoms with Gasteiger partial charge >= 0.3 is 0 Å². The molecule has 0 aromatic carbocycles. The van der Waals surface area contributed by atoms with Crippen LogP contribution in [0.4, 0.5) is 0 Å². The lowest BCUT2D eigenvalue weighted by Gasteiger charge is -2.34. The lowest BCUT2D eigenvalue weighted by molar-refractivity contribution is -0.121. The van der Waals surface area contributed by atoms with Crippen LogP contribution < -0.4 is 10.6 Å². The number of guanidine groups is 1. The maximum absolute atomic E-state index is 11.5. The van der Waals surface area contributed by atoms with Crippen LogP contribution in [0.2, 0.25) is 0 Å². The average Bonchev–Trinajstić information content (AvgIpc) is 2.93. The molecule has 2 N–H and O–H groups in total. The van der Waals surface area contributed by atoms with E-state index < -0.39 is 0 Å². The molecule has 0 atom stereocenters. The lowest BCUT2D eigenvalue weighted by atomic mass is 9.93. The van der Waals surface area contributed by atoms with Crippen molar-refractivity contribution in [1.82, 2.24) is 25.3 Å². The summed E-state index contributed by atoms with van der Waals surface area (Å²) in [5, 5.41) is 10.7. The van der Waals surface area contributed by atoms with Crippen LogP contribution in [0.15, 0.2) is 11.1 Å². The summed E-state index contributed by atoms with van der Waals surface area (Å²) >= 11 is 0. The third kappa shape index (κ3) is 5.76. The van der Waals surface area contributed by atoms with E-state index in [0.29, 0.717) is 12.3 Å². The maximum Gasteiger partial charge on any atom is 0.220 e. The smallest absolute Gasteiger partial charge is 0.220 e. The highest BCUT2D eigenvalue weighted by atomic mass is 16.1. The number of rotatable bonds is 6. The van der Waals surface area contributed by atoms with E-state index in [4.69, 9.17) is 0 Å². The van der Waals surface area contributed by atoms with Gasteiger partial charge in [0, 0.05) is 52.4 Å². The molecule has 7 heteroatoms. The Hall–Kier alpha value is -2.05. The van der Waals surface area contributed by atoms with Crippen LogP contribution in [0.3, 0.4) is 0 Å². The Morgan fingerprint density at radius 3 is 2.64 bits per heavy atom. The first kappa shape index (κ1) is 19.3. The molecule has 140 valence electrons. The molecule has 1 saturated heterocycles. The van der Waals surface area contributed by atoms with Crippen molar-refractivity contribution in [2.75, 3.05) is 33.7 Å². The fourth-order valence-corrected chi connectivity index (χ4v) is 3.38. The Balaban J connectivity index is 1.70. The summed E-state index contributed by atoms with van der Waals surface area (Å²) in [4.78, 5) is 18.2. The van der Waals surface area contributed by atoms with Crippen LogP contribution >= 0.6 is 0 Å². The number of aromatic nitrogens is 2. The van der Waals surface area contributed by atoms with Crippen LogP contribution in [0.1, 0.15) is 37.1 Å². The Labute approximate surface area is 150 Å². The van der Waals surface area contributed by atoms with Crippen molar-refractivity contribution in [3.63, 3.8) is 0 Å². The Kier molecular flexibility index (Phi) is 7.28. The summed E-state index contributed by atoms with van der Waals surface area (Å²) in [5.41, 5.74) is 2.28. The molecule has 2 heterocycles. The van der Waals surface area contributed by atoms with Gasteiger partial charge in [0.15, 0.2) is 5.96 Å². The molecule has 25 heavy (non-hydrogen) atoms. The number of piperidine rings is 1. The minimum Gasteiger partial charge on any atom is -0.359 e. The first-order valence-corrected chi connectivity index (χ1v) is 9.20. The molecule has 0 aliphatic carbocycles. The molecule has 0 radical (unpaired) electrons. The number of hydrogen-bond acceptors (Lipinski definition) is 3. The van der Waals surface area contributed by atoms with Gasteiger partial charge in [0.1, 0.15) is 0 Å². The second-order valence-electron chi connectivity index (χ2n) is 6.79. The lowest BCUT2D eigenvalue weighted by Crippen LogP contribution is -2.46. The normalized spacial score (nSPS) is 16.2. The zero-order chi connectivity index (χ0) is 18.2. The van der Waals surface area contributed by atoms with E-state index >= 15 is 0 Å². The SMILES string of the molecule is CN=C(NCCCn1nc(C)cc1C)N1CCC(CC(=O)NC)CC1. The zero-order valence-electron chi connectivity index (χ0n) is 16.0. The monoisotopic (exact) mass is 348 g/mol. The Morgan fingerprint density at radius 1 is 1.36 bits per heavy atom. The van der Waals surface area contributed by atoms with Crippen molar-refractivity contribution in [3.05, 3.63) is 17.5 Å². The van der Waals surface area contributed by atoms with E-state index in [9.17, 15) is 4.79 Å². The van der Waals surface area contributed by atoms with Crippen molar-refractivity contribution in [2.24, 2.45) is 10.9 Å². The molecule has 0 saturated carbocycles. The summed E-state index contributed by atoms with van der Waals surface area (Å²) in [7, 11) is 3.54. The third-order valence-corrected chi connectivity index (χ3v) is 4.81. The largest absolute Gasteiger partial charge is 0.359 e. The van der Waals surface area contributed by atoms with Crippen LogP contribution in [-0.2, 0) is 11.3 Å². The molecule has 1 fully saturated rings. The van der Waals surface area contributed by atoms with Gasteiger partial charge in [-0.25, -0.2) is 0 Å². The van der Waals surface area contributed by atoms with E-state index in [1.165, 1.54) is 5.69 Å². The highest BCUT2D eigenvalue weighted by Gasteiger charge is 2.22. The minimum absolute atomic E-state index is 0.144. The highest BCUT2D eigenvalue weighted by Crippen LogP contribution is 2.20. The number of nitrogens with zero attached hydrogens (tertiary/aromatic N) is 4. The number of nitrogens with one attached hydrogen (secondary N) is 2. The van der Waals surface area contributed by atoms with Crippen LogP contribution in [-0.4, -0.2) is 60.3 Å². The van der Waals surface area contributed by atoms with E-state index in [0.717, 1.165) is 57.1 Å². The van der Waals surface area contributed by atoms with Gasteiger partial charge in [0.25, 0.3) is 0 Å². The molecule has 1 aromatic rings. The Morgan fingerprint density at radius 2 is 2.08 bits per heavy atom. The van der Waals surface area contributed by atoms with Gasteiger partial charge in [0.05, 0.1) is 5.69 Å². The molecule has 0 bridgehead atoms. The molecular weight excluding hydrogens is 316 g/mol. The number of carbonyl (C=O) groups is 1. The number of aliphatic imine (C=N–C) groups is 1. The number of carbonyl (C=O) groups excluding carboxylic acids is 1. The Bertz CT molecular complexity index is 586. The number of hydrogen-bond donors (Lipinski definition) is 2. The third-order valence-electron chi connectivity index (χ3n) is 4.81. The van der Waals surface area contributed by atoms with Crippen molar-refractivity contribution in [2.45, 2.75) is 46.1 Å². The van der Waals surface area contributed by atoms with E-state index in [1.54, 1.807) is 7.05 Å². The van der Waals surface area contributed by atoms with Crippen molar-refractivity contribution in [1.29, 1.82) is 0 Å². The first-order valence-electron chi connectivity index (χ1n) is 9.20. The molecule has 1 aliphatic rings. The van der Waals surface area contributed by atoms with Crippen molar-refractivity contribution >= 4 is 11.9 Å². The van der Waals surface area contributed by atoms with E-state index in [2.05, 4.69) is 43.3 Å². The van der Waals surface area contributed by atoms with Gasteiger partial charge in [0.2, 0.25) is 5.91 Å². The van der Waals surface area contributed by atoms with Crippen LogP contribution in [0, 0.1) is 19.8 Å².